The van der Waals surface area contributed by atoms with E-state index in [1.165, 1.54) is 0 Å². The average Bonchev–Trinajstić information content (AvgIpc) is 2.44. The van der Waals surface area contributed by atoms with Crippen LogP contribution in [-0.2, 0) is 15.6 Å². The first-order valence-corrected chi connectivity index (χ1v) is 9.50. The molecule has 0 N–H and O–H groups in total. The molecule has 0 saturated carbocycles. The molecule has 6 heteroatoms. The summed E-state index contributed by atoms with van der Waals surface area (Å²) in [6, 6.07) is 7.77. The molecule has 0 atom stereocenters. The standard InChI is InChI=1S/C14H18N2O2S2/c1-3-20(17,18)9-8-19-10-14-11(2)15-12-6-4-5-7-13(12)16-14/h4-7H,3,8-10H2,1-2H3. The Morgan fingerprint density at radius 2 is 1.80 bits per heavy atom. The number of para-hydroxylation sites is 2. The highest BCUT2D eigenvalue weighted by atomic mass is 32.2. The lowest BCUT2D eigenvalue weighted by atomic mass is 10.2. The van der Waals surface area contributed by atoms with Crippen molar-refractivity contribution >= 4 is 32.6 Å². The SMILES string of the molecule is CCS(=O)(=O)CCSCc1nc2ccccc2nc1C. The van der Waals surface area contributed by atoms with Crippen molar-refractivity contribution < 1.29 is 8.42 Å². The zero-order valence-corrected chi connectivity index (χ0v) is 13.3. The topological polar surface area (TPSA) is 59.9 Å². The molecule has 2 rings (SSSR count). The Labute approximate surface area is 123 Å². The lowest BCUT2D eigenvalue weighted by Gasteiger charge is -2.06. The summed E-state index contributed by atoms with van der Waals surface area (Å²) in [6.45, 7) is 3.62. The van der Waals surface area contributed by atoms with Gasteiger partial charge in [-0.15, -0.1) is 0 Å². The van der Waals surface area contributed by atoms with Crippen molar-refractivity contribution in [3.63, 3.8) is 0 Å². The number of hydrogen-bond acceptors (Lipinski definition) is 5. The number of aryl methyl sites for hydroxylation is 1. The Morgan fingerprint density at radius 3 is 2.45 bits per heavy atom. The molecule has 0 unspecified atom stereocenters. The van der Waals surface area contributed by atoms with Gasteiger partial charge in [-0.05, 0) is 19.1 Å². The van der Waals surface area contributed by atoms with Crippen LogP contribution in [0.4, 0.5) is 0 Å². The third kappa shape index (κ3) is 3.93. The average molecular weight is 310 g/mol. The second kappa shape index (κ2) is 6.54. The summed E-state index contributed by atoms with van der Waals surface area (Å²) in [4.78, 5) is 9.12. The van der Waals surface area contributed by atoms with Gasteiger partial charge >= 0.3 is 0 Å². The smallest absolute Gasteiger partial charge is 0.150 e. The van der Waals surface area contributed by atoms with Crippen LogP contribution in [0.1, 0.15) is 18.3 Å². The molecule has 1 aromatic carbocycles. The second-order valence-corrected chi connectivity index (χ2v) is 8.11. The Kier molecular flexibility index (Phi) is 4.99. The highest BCUT2D eigenvalue weighted by Gasteiger charge is 2.09. The Balaban J connectivity index is 2.01. The van der Waals surface area contributed by atoms with Gasteiger partial charge in [0.05, 0.1) is 28.2 Å². The van der Waals surface area contributed by atoms with Crippen LogP contribution in [-0.4, -0.2) is 35.6 Å². The quantitative estimate of drug-likeness (QED) is 0.768. The van der Waals surface area contributed by atoms with E-state index in [0.717, 1.165) is 22.4 Å². The van der Waals surface area contributed by atoms with E-state index >= 15 is 0 Å². The Morgan fingerprint density at radius 1 is 1.15 bits per heavy atom. The van der Waals surface area contributed by atoms with Crippen LogP contribution in [0.2, 0.25) is 0 Å². The van der Waals surface area contributed by atoms with E-state index in [0.29, 0.717) is 11.5 Å². The predicted molar refractivity (Wildman–Crippen MR) is 84.8 cm³/mol. The van der Waals surface area contributed by atoms with Gasteiger partial charge in [0.1, 0.15) is 0 Å². The molecule has 0 amide bonds. The minimum absolute atomic E-state index is 0.211. The van der Waals surface area contributed by atoms with Gasteiger partial charge in [-0.3, -0.25) is 0 Å². The molecule has 1 heterocycles. The summed E-state index contributed by atoms with van der Waals surface area (Å²) in [5.41, 5.74) is 3.62. The molecule has 0 aliphatic heterocycles. The summed E-state index contributed by atoms with van der Waals surface area (Å²) < 4.78 is 22.8. The highest BCUT2D eigenvalue weighted by Crippen LogP contribution is 2.17. The third-order valence-corrected chi connectivity index (χ3v) is 5.99. The van der Waals surface area contributed by atoms with E-state index < -0.39 is 9.84 Å². The number of aromatic nitrogens is 2. The molecule has 0 aliphatic carbocycles. The maximum absolute atomic E-state index is 11.4. The molecule has 0 aliphatic rings. The summed E-state index contributed by atoms with van der Waals surface area (Å²) in [5, 5.41) is 0. The van der Waals surface area contributed by atoms with Crippen LogP contribution in [0.3, 0.4) is 0 Å². The van der Waals surface area contributed by atoms with E-state index in [1.54, 1.807) is 18.7 Å². The monoisotopic (exact) mass is 310 g/mol. The molecule has 108 valence electrons. The van der Waals surface area contributed by atoms with Gasteiger partial charge in [-0.2, -0.15) is 11.8 Å². The Hall–Kier alpha value is -1.14. The predicted octanol–water partition coefficient (Wildman–Crippen LogP) is 2.61. The van der Waals surface area contributed by atoms with Gasteiger partial charge in [0.2, 0.25) is 0 Å². The summed E-state index contributed by atoms with van der Waals surface area (Å²) in [7, 11) is -2.88. The number of fused-ring (bicyclic) bond motifs is 1. The highest BCUT2D eigenvalue weighted by molar-refractivity contribution is 8.00. The van der Waals surface area contributed by atoms with Gasteiger partial charge in [0.15, 0.2) is 9.84 Å². The first-order chi connectivity index (χ1) is 9.52. The van der Waals surface area contributed by atoms with Crippen LogP contribution in [0.5, 0.6) is 0 Å². The maximum Gasteiger partial charge on any atom is 0.150 e. The van der Waals surface area contributed by atoms with Crippen molar-refractivity contribution in [2.45, 2.75) is 19.6 Å². The van der Waals surface area contributed by atoms with Gasteiger partial charge < -0.3 is 0 Å². The van der Waals surface area contributed by atoms with Crippen molar-refractivity contribution in [3.8, 4) is 0 Å². The first kappa shape index (κ1) is 15.3. The third-order valence-electron chi connectivity index (χ3n) is 3.06. The fourth-order valence-electron chi connectivity index (χ4n) is 1.76. The fourth-order valence-corrected chi connectivity index (χ4v) is 4.15. The van der Waals surface area contributed by atoms with Crippen molar-refractivity contribution in [1.82, 2.24) is 9.97 Å². The van der Waals surface area contributed by atoms with Crippen molar-refractivity contribution in [2.24, 2.45) is 0 Å². The molecule has 0 fully saturated rings. The summed E-state index contributed by atoms with van der Waals surface area (Å²) in [6.07, 6.45) is 0. The van der Waals surface area contributed by atoms with Crippen LogP contribution >= 0.6 is 11.8 Å². The van der Waals surface area contributed by atoms with Gasteiger partial charge in [0, 0.05) is 17.3 Å². The molecule has 0 bridgehead atoms. The largest absolute Gasteiger partial charge is 0.250 e. The molecule has 1 aromatic heterocycles. The molecule has 20 heavy (non-hydrogen) atoms. The number of rotatable bonds is 6. The number of sulfone groups is 1. The van der Waals surface area contributed by atoms with E-state index in [1.807, 2.05) is 31.2 Å². The number of hydrogen-bond donors (Lipinski definition) is 0. The summed E-state index contributed by atoms with van der Waals surface area (Å²) in [5.74, 6) is 1.74. The molecule has 0 saturated heterocycles. The second-order valence-electron chi connectivity index (χ2n) is 4.53. The lowest BCUT2D eigenvalue weighted by Crippen LogP contribution is -2.10. The van der Waals surface area contributed by atoms with Crippen molar-refractivity contribution in [2.75, 3.05) is 17.3 Å². The number of thioether (sulfide) groups is 1. The van der Waals surface area contributed by atoms with E-state index in [4.69, 9.17) is 0 Å². The van der Waals surface area contributed by atoms with Crippen LogP contribution in [0.25, 0.3) is 11.0 Å². The maximum atomic E-state index is 11.4. The molecular weight excluding hydrogens is 292 g/mol. The molecule has 0 radical (unpaired) electrons. The van der Waals surface area contributed by atoms with Gasteiger partial charge in [-0.1, -0.05) is 19.1 Å². The van der Waals surface area contributed by atoms with Crippen molar-refractivity contribution in [3.05, 3.63) is 35.7 Å². The normalized spacial score (nSPS) is 11.9. The summed E-state index contributed by atoms with van der Waals surface area (Å²) >= 11 is 1.59. The zero-order valence-electron chi connectivity index (χ0n) is 11.7. The van der Waals surface area contributed by atoms with Crippen molar-refractivity contribution in [1.29, 1.82) is 0 Å². The molecule has 2 aromatic rings. The molecule has 0 spiro atoms. The Bertz CT molecular complexity index is 699. The number of benzene rings is 1. The zero-order chi connectivity index (χ0) is 14.6. The minimum atomic E-state index is -2.88. The number of nitrogens with zero attached hydrogens (tertiary/aromatic N) is 2. The van der Waals surface area contributed by atoms with Gasteiger partial charge in [-0.25, -0.2) is 18.4 Å². The fraction of sp³-hybridized carbons (Fsp3) is 0.429. The van der Waals surface area contributed by atoms with E-state index in [2.05, 4.69) is 9.97 Å². The first-order valence-electron chi connectivity index (χ1n) is 6.52. The van der Waals surface area contributed by atoms with Crippen LogP contribution < -0.4 is 0 Å². The van der Waals surface area contributed by atoms with Crippen LogP contribution in [0.15, 0.2) is 24.3 Å². The lowest BCUT2D eigenvalue weighted by molar-refractivity contribution is 0.599. The molecule has 4 nitrogen and oxygen atoms in total. The van der Waals surface area contributed by atoms with E-state index in [-0.39, 0.29) is 11.5 Å². The minimum Gasteiger partial charge on any atom is -0.250 e. The van der Waals surface area contributed by atoms with Crippen LogP contribution in [0, 0.1) is 6.92 Å². The van der Waals surface area contributed by atoms with Gasteiger partial charge in [0.25, 0.3) is 0 Å². The molecular formula is C14H18N2O2S2. The van der Waals surface area contributed by atoms with E-state index in [9.17, 15) is 8.42 Å².